The second-order valence-corrected chi connectivity index (χ2v) is 12.0. The summed E-state index contributed by atoms with van der Waals surface area (Å²) >= 11 is 14.2. The molecule has 0 aliphatic rings. The Morgan fingerprint density at radius 3 is 1.37 bits per heavy atom. The van der Waals surface area contributed by atoms with Crippen molar-refractivity contribution in [3.8, 4) is 0 Å². The minimum Gasteiger partial charge on any atom is -0.240 e. The van der Waals surface area contributed by atoms with Crippen molar-refractivity contribution in [3.05, 3.63) is 0 Å². The Labute approximate surface area is 115 Å². The number of alkyl halides is 9. The normalized spacial score (nSPS) is 19.4. The van der Waals surface area contributed by atoms with Crippen molar-refractivity contribution in [1.29, 1.82) is 0 Å². The molecular formula is C6H4Cl3F9Si. The van der Waals surface area contributed by atoms with Crippen molar-refractivity contribution in [3.63, 3.8) is 0 Å². The van der Waals surface area contributed by atoms with Gasteiger partial charge in [-0.15, -0.1) is 33.2 Å². The molecule has 0 rings (SSSR count). The van der Waals surface area contributed by atoms with E-state index in [1.807, 2.05) is 0 Å². The molecule has 0 aromatic carbocycles. The van der Waals surface area contributed by atoms with Crippen LogP contribution in [0, 0.1) is 0 Å². The van der Waals surface area contributed by atoms with Gasteiger partial charge in [-0.1, -0.05) is 0 Å². The first-order valence-corrected chi connectivity index (χ1v) is 9.31. The maximum absolute atomic E-state index is 13.0. The van der Waals surface area contributed by atoms with Crippen LogP contribution in [0.15, 0.2) is 0 Å². The van der Waals surface area contributed by atoms with Gasteiger partial charge >= 0.3 is 17.8 Å². The predicted molar refractivity (Wildman–Crippen MR) is 53.9 cm³/mol. The van der Waals surface area contributed by atoms with Gasteiger partial charge in [-0.3, -0.25) is 0 Å². The molecule has 0 saturated heterocycles. The second-order valence-electron chi connectivity index (χ2n) is 3.33. The van der Waals surface area contributed by atoms with E-state index in [-0.39, 0.29) is 0 Å². The van der Waals surface area contributed by atoms with Crippen molar-refractivity contribution in [2.45, 2.75) is 36.4 Å². The van der Waals surface area contributed by atoms with E-state index in [9.17, 15) is 39.5 Å². The zero-order chi connectivity index (χ0) is 15.8. The van der Waals surface area contributed by atoms with Gasteiger partial charge in [0, 0.05) is 0 Å². The Morgan fingerprint density at radius 1 is 0.737 bits per heavy atom. The molecule has 0 spiro atoms. The maximum atomic E-state index is 13.0. The third-order valence-corrected chi connectivity index (χ3v) is 4.58. The molecule has 3 atom stereocenters. The van der Waals surface area contributed by atoms with Crippen LogP contribution in [0.3, 0.4) is 0 Å². The Balaban J connectivity index is 5.39. The van der Waals surface area contributed by atoms with E-state index >= 15 is 0 Å². The Bertz CT molecular complexity index is 307. The van der Waals surface area contributed by atoms with Crippen LogP contribution in [0.25, 0.3) is 0 Å². The first-order valence-electron chi connectivity index (χ1n) is 4.20. The third kappa shape index (κ3) is 3.98. The lowest BCUT2D eigenvalue weighted by Gasteiger charge is -2.33. The molecule has 0 fully saturated rings. The quantitative estimate of drug-likeness (QED) is 0.354. The standard InChI is InChI=1S/C6H4Cl3F9Si/c7-19(8,9)4(14)6(17,18)5(15,16)2(11)1(10)3(12)13/h1-4H. The van der Waals surface area contributed by atoms with E-state index in [2.05, 4.69) is 0 Å². The van der Waals surface area contributed by atoms with E-state index in [0.717, 1.165) is 0 Å². The zero-order valence-electron chi connectivity index (χ0n) is 8.34. The maximum Gasteiger partial charge on any atom is 0.381 e. The summed E-state index contributed by atoms with van der Waals surface area (Å²) in [5, 5.41) is 0. The largest absolute Gasteiger partial charge is 0.381 e. The molecule has 0 aliphatic heterocycles. The molecule has 19 heavy (non-hydrogen) atoms. The molecule has 0 aromatic rings. The van der Waals surface area contributed by atoms with Crippen molar-refractivity contribution in [1.82, 2.24) is 0 Å². The van der Waals surface area contributed by atoms with Gasteiger partial charge in [-0.25, -0.2) is 22.0 Å². The van der Waals surface area contributed by atoms with Gasteiger partial charge in [0.25, 0.3) is 6.43 Å². The van der Waals surface area contributed by atoms with Gasteiger partial charge < -0.3 is 0 Å². The summed E-state index contributed by atoms with van der Waals surface area (Å²) in [6.45, 7) is 0. The molecule has 0 amide bonds. The van der Waals surface area contributed by atoms with Crippen LogP contribution >= 0.6 is 33.2 Å². The van der Waals surface area contributed by atoms with Crippen LogP contribution in [0.1, 0.15) is 0 Å². The van der Waals surface area contributed by atoms with E-state index in [4.69, 9.17) is 33.2 Å². The van der Waals surface area contributed by atoms with Crippen LogP contribution in [-0.2, 0) is 0 Å². The topological polar surface area (TPSA) is 0 Å². The van der Waals surface area contributed by atoms with Gasteiger partial charge in [0.15, 0.2) is 6.17 Å². The monoisotopic (exact) mass is 380 g/mol. The molecule has 0 N–H and O–H groups in total. The number of hydrogen-bond acceptors (Lipinski definition) is 0. The Kier molecular flexibility index (Phi) is 6.21. The number of rotatable bonds is 6. The molecule has 0 aromatic heterocycles. The zero-order valence-corrected chi connectivity index (χ0v) is 11.6. The predicted octanol–water partition coefficient (Wildman–Crippen LogP) is 4.73. The molecule has 0 aliphatic carbocycles. The van der Waals surface area contributed by atoms with Crippen molar-refractivity contribution in [2.75, 3.05) is 0 Å². The lowest BCUT2D eigenvalue weighted by Crippen LogP contribution is -2.60. The highest BCUT2D eigenvalue weighted by molar-refractivity contribution is 7.65. The first kappa shape index (κ1) is 19.5. The number of hydrogen-bond donors (Lipinski definition) is 0. The molecule has 0 heterocycles. The van der Waals surface area contributed by atoms with Gasteiger partial charge in [-0.05, 0) is 0 Å². The summed E-state index contributed by atoms with van der Waals surface area (Å²) in [4.78, 5) is 0. The SMILES string of the molecule is FC(F)C(F)C(F)C(F)(F)C(F)(F)C(F)[Si](Cl)(Cl)Cl. The van der Waals surface area contributed by atoms with E-state index < -0.39 is 42.4 Å². The molecule has 116 valence electrons. The highest BCUT2D eigenvalue weighted by Crippen LogP contribution is 2.48. The van der Waals surface area contributed by atoms with Crippen LogP contribution in [0.5, 0.6) is 0 Å². The Hall–Kier alpha value is 0.457. The van der Waals surface area contributed by atoms with Crippen molar-refractivity contribution < 1.29 is 39.5 Å². The summed E-state index contributed by atoms with van der Waals surface area (Å²) < 4.78 is 113. The molecule has 13 heteroatoms. The summed E-state index contributed by atoms with van der Waals surface area (Å²) in [7, 11) is 0. The lowest BCUT2D eigenvalue weighted by atomic mass is 10.0. The molecule has 0 bridgehead atoms. The molecule has 3 unspecified atom stereocenters. The number of halogens is 12. The van der Waals surface area contributed by atoms with E-state index in [0.29, 0.717) is 0 Å². The first-order chi connectivity index (χ1) is 8.17. The summed E-state index contributed by atoms with van der Waals surface area (Å²) in [5.74, 6) is -16.2. The van der Waals surface area contributed by atoms with Gasteiger partial charge in [0.05, 0.1) is 0 Å². The molecule has 0 radical (unpaired) electrons. The van der Waals surface area contributed by atoms with Crippen LogP contribution in [0.4, 0.5) is 39.5 Å². The molecule has 0 nitrogen and oxygen atoms in total. The van der Waals surface area contributed by atoms with Gasteiger partial charge in [0.2, 0.25) is 12.0 Å². The van der Waals surface area contributed by atoms with Crippen LogP contribution in [0.2, 0.25) is 0 Å². The minimum absolute atomic E-state index is 4.11. The third-order valence-electron chi connectivity index (χ3n) is 1.92. The van der Waals surface area contributed by atoms with Gasteiger partial charge in [0.1, 0.15) is 0 Å². The summed E-state index contributed by atoms with van der Waals surface area (Å²) in [5.41, 5.74) is 0. The fourth-order valence-electron chi connectivity index (χ4n) is 0.886. The molecule has 0 saturated carbocycles. The minimum atomic E-state index is -6.11. The highest BCUT2D eigenvalue weighted by Gasteiger charge is 2.72. The smallest absolute Gasteiger partial charge is 0.240 e. The van der Waals surface area contributed by atoms with Crippen molar-refractivity contribution in [2.24, 2.45) is 0 Å². The summed E-state index contributed by atoms with van der Waals surface area (Å²) in [6.07, 6.45) is -13.2. The van der Waals surface area contributed by atoms with Gasteiger partial charge in [-0.2, -0.15) is 17.6 Å². The second kappa shape index (κ2) is 6.06. The fourth-order valence-corrected chi connectivity index (χ4v) is 2.72. The molecular weight excluding hydrogens is 377 g/mol. The van der Waals surface area contributed by atoms with Crippen LogP contribution < -0.4 is 0 Å². The van der Waals surface area contributed by atoms with E-state index in [1.165, 1.54) is 0 Å². The average Bonchev–Trinajstić information content (AvgIpc) is 2.23. The highest BCUT2D eigenvalue weighted by atomic mass is 35.8. The lowest BCUT2D eigenvalue weighted by molar-refractivity contribution is -0.266. The van der Waals surface area contributed by atoms with Crippen LogP contribution in [-0.4, -0.2) is 42.4 Å². The fraction of sp³-hybridized carbons (Fsp3) is 1.00. The Morgan fingerprint density at radius 2 is 1.11 bits per heavy atom. The van der Waals surface area contributed by atoms with Crippen molar-refractivity contribution >= 4 is 39.2 Å². The van der Waals surface area contributed by atoms with E-state index in [1.54, 1.807) is 0 Å². The average molecular weight is 382 g/mol. The summed E-state index contributed by atoms with van der Waals surface area (Å²) in [6, 6.07) is -5.07.